The summed E-state index contributed by atoms with van der Waals surface area (Å²) in [5, 5.41) is 7.87. The van der Waals surface area contributed by atoms with Crippen molar-refractivity contribution in [2.45, 2.75) is 19.4 Å². The van der Waals surface area contributed by atoms with Crippen LogP contribution in [0.3, 0.4) is 0 Å². The van der Waals surface area contributed by atoms with Crippen LogP contribution in [0.4, 0.5) is 6.01 Å². The number of anilines is 1. The zero-order chi connectivity index (χ0) is 10.7. The first-order valence-corrected chi connectivity index (χ1v) is 5.19. The molecule has 2 heterocycles. The third-order valence-electron chi connectivity index (χ3n) is 2.31. The Morgan fingerprint density at radius 1 is 1.33 bits per heavy atom. The third-order valence-corrected chi connectivity index (χ3v) is 2.31. The second kappa shape index (κ2) is 4.59. The fourth-order valence-electron chi connectivity index (χ4n) is 1.48. The first-order chi connectivity index (χ1) is 7.27. The molecule has 0 amide bonds. The lowest BCUT2D eigenvalue weighted by molar-refractivity contribution is 0.152. The molecule has 15 heavy (non-hydrogen) atoms. The van der Waals surface area contributed by atoms with Crippen molar-refractivity contribution in [3.05, 3.63) is 5.89 Å². The Morgan fingerprint density at radius 3 is 2.93 bits per heavy atom. The van der Waals surface area contributed by atoms with Gasteiger partial charge in [-0.1, -0.05) is 5.10 Å². The Bertz CT molecular complexity index is 305. The van der Waals surface area contributed by atoms with Crippen LogP contribution in [-0.4, -0.2) is 36.5 Å². The molecule has 0 radical (unpaired) electrons. The molecule has 1 fully saturated rings. The van der Waals surface area contributed by atoms with Gasteiger partial charge in [-0.15, -0.1) is 5.10 Å². The number of nitrogens with two attached hydrogens (primary N) is 1. The van der Waals surface area contributed by atoms with E-state index in [0.29, 0.717) is 18.5 Å². The number of hydrogen-bond acceptors (Lipinski definition) is 6. The van der Waals surface area contributed by atoms with Gasteiger partial charge in [0, 0.05) is 19.7 Å². The molecule has 6 heteroatoms. The van der Waals surface area contributed by atoms with E-state index < -0.39 is 0 Å². The lowest BCUT2D eigenvalue weighted by Crippen LogP contribution is -2.26. The van der Waals surface area contributed by atoms with Crippen LogP contribution in [0, 0.1) is 0 Å². The van der Waals surface area contributed by atoms with Crippen LogP contribution in [0.25, 0.3) is 0 Å². The molecular formula is C9H16N4O2. The fourth-order valence-corrected chi connectivity index (χ4v) is 1.48. The second-order valence-electron chi connectivity index (χ2n) is 3.66. The zero-order valence-electron chi connectivity index (χ0n) is 8.85. The standard InChI is InChI=1S/C9H16N4O2/c1-7(10)8-11-12-9(15-8)13-3-2-5-14-6-4-13/h7H,2-6,10H2,1H3. The molecule has 1 aromatic rings. The molecule has 84 valence electrons. The number of hydrogen-bond donors (Lipinski definition) is 1. The maximum atomic E-state index is 5.65. The van der Waals surface area contributed by atoms with E-state index in [1.165, 1.54) is 0 Å². The maximum absolute atomic E-state index is 5.65. The highest BCUT2D eigenvalue weighted by Gasteiger charge is 2.17. The van der Waals surface area contributed by atoms with Gasteiger partial charge in [-0.05, 0) is 13.3 Å². The van der Waals surface area contributed by atoms with Gasteiger partial charge in [0.05, 0.1) is 12.6 Å². The molecule has 0 bridgehead atoms. The minimum atomic E-state index is -0.213. The normalized spacial score (nSPS) is 20.0. The van der Waals surface area contributed by atoms with Gasteiger partial charge >= 0.3 is 6.01 Å². The predicted molar refractivity (Wildman–Crippen MR) is 54.5 cm³/mol. The van der Waals surface area contributed by atoms with Crippen molar-refractivity contribution in [1.82, 2.24) is 10.2 Å². The van der Waals surface area contributed by atoms with Crippen molar-refractivity contribution >= 4 is 6.01 Å². The van der Waals surface area contributed by atoms with E-state index in [1.807, 2.05) is 11.8 Å². The highest BCUT2D eigenvalue weighted by Crippen LogP contribution is 2.16. The average Bonchev–Trinajstić information content (AvgIpc) is 2.55. The van der Waals surface area contributed by atoms with E-state index in [0.717, 1.165) is 26.1 Å². The molecule has 1 unspecified atom stereocenters. The Balaban J connectivity index is 2.06. The summed E-state index contributed by atoms with van der Waals surface area (Å²) in [7, 11) is 0. The SMILES string of the molecule is CC(N)c1nnc(N2CCCOCC2)o1. The van der Waals surface area contributed by atoms with Crippen molar-refractivity contribution in [3.63, 3.8) is 0 Å². The first-order valence-electron chi connectivity index (χ1n) is 5.19. The van der Waals surface area contributed by atoms with Crippen LogP contribution < -0.4 is 10.6 Å². The molecule has 0 aromatic carbocycles. The van der Waals surface area contributed by atoms with Gasteiger partial charge in [0.2, 0.25) is 5.89 Å². The summed E-state index contributed by atoms with van der Waals surface area (Å²) in [6.07, 6.45) is 0.982. The quantitative estimate of drug-likeness (QED) is 0.760. The van der Waals surface area contributed by atoms with E-state index in [2.05, 4.69) is 10.2 Å². The van der Waals surface area contributed by atoms with E-state index >= 15 is 0 Å². The van der Waals surface area contributed by atoms with Crippen molar-refractivity contribution in [2.75, 3.05) is 31.2 Å². The summed E-state index contributed by atoms with van der Waals surface area (Å²) in [6.45, 7) is 5.00. The van der Waals surface area contributed by atoms with Crippen LogP contribution in [-0.2, 0) is 4.74 Å². The number of rotatable bonds is 2. The van der Waals surface area contributed by atoms with Crippen LogP contribution in [0.2, 0.25) is 0 Å². The molecule has 2 rings (SSSR count). The van der Waals surface area contributed by atoms with Crippen LogP contribution in [0.5, 0.6) is 0 Å². The van der Waals surface area contributed by atoms with Crippen LogP contribution in [0.15, 0.2) is 4.42 Å². The van der Waals surface area contributed by atoms with Gasteiger partial charge in [-0.2, -0.15) is 0 Å². The lowest BCUT2D eigenvalue weighted by atomic mass is 10.4. The maximum Gasteiger partial charge on any atom is 0.318 e. The first kappa shape index (κ1) is 10.4. The van der Waals surface area contributed by atoms with Gasteiger partial charge < -0.3 is 19.8 Å². The molecule has 0 spiro atoms. The molecule has 6 nitrogen and oxygen atoms in total. The van der Waals surface area contributed by atoms with Crippen LogP contribution >= 0.6 is 0 Å². The van der Waals surface area contributed by atoms with E-state index in [-0.39, 0.29) is 6.04 Å². The monoisotopic (exact) mass is 212 g/mol. The molecule has 2 N–H and O–H groups in total. The number of nitrogens with zero attached hydrogens (tertiary/aromatic N) is 3. The molecule has 1 aliphatic heterocycles. The van der Waals surface area contributed by atoms with Crippen LogP contribution in [0.1, 0.15) is 25.3 Å². The fraction of sp³-hybridized carbons (Fsp3) is 0.778. The average molecular weight is 212 g/mol. The Labute approximate surface area is 88.4 Å². The third kappa shape index (κ3) is 2.45. The number of ether oxygens (including phenoxy) is 1. The van der Waals surface area contributed by atoms with Gasteiger partial charge in [0.25, 0.3) is 0 Å². The van der Waals surface area contributed by atoms with Gasteiger partial charge in [-0.3, -0.25) is 0 Å². The van der Waals surface area contributed by atoms with E-state index in [1.54, 1.807) is 0 Å². The highest BCUT2D eigenvalue weighted by molar-refractivity contribution is 5.24. The molecule has 1 aromatic heterocycles. The molecule has 1 saturated heterocycles. The Kier molecular flexibility index (Phi) is 3.17. The molecule has 0 saturated carbocycles. The summed E-state index contributed by atoms with van der Waals surface area (Å²) in [6, 6.07) is 0.335. The summed E-state index contributed by atoms with van der Waals surface area (Å²) >= 11 is 0. The smallest absolute Gasteiger partial charge is 0.318 e. The minimum absolute atomic E-state index is 0.213. The lowest BCUT2D eigenvalue weighted by Gasteiger charge is -2.15. The Morgan fingerprint density at radius 2 is 2.20 bits per heavy atom. The number of aromatic nitrogens is 2. The summed E-state index contributed by atoms with van der Waals surface area (Å²) in [4.78, 5) is 2.03. The molecular weight excluding hydrogens is 196 g/mol. The molecule has 1 atom stereocenters. The molecule has 1 aliphatic rings. The summed E-state index contributed by atoms with van der Waals surface area (Å²) in [5.41, 5.74) is 5.65. The minimum Gasteiger partial charge on any atom is -0.406 e. The van der Waals surface area contributed by atoms with Crippen molar-refractivity contribution in [1.29, 1.82) is 0 Å². The van der Waals surface area contributed by atoms with Crippen molar-refractivity contribution in [2.24, 2.45) is 5.73 Å². The zero-order valence-corrected chi connectivity index (χ0v) is 8.85. The predicted octanol–water partition coefficient (Wildman–Crippen LogP) is 0.316. The van der Waals surface area contributed by atoms with Gasteiger partial charge in [-0.25, -0.2) is 0 Å². The van der Waals surface area contributed by atoms with Gasteiger partial charge in [0.1, 0.15) is 0 Å². The van der Waals surface area contributed by atoms with Gasteiger partial charge in [0.15, 0.2) is 0 Å². The van der Waals surface area contributed by atoms with E-state index in [9.17, 15) is 0 Å². The Hall–Kier alpha value is -1.14. The highest BCUT2D eigenvalue weighted by atomic mass is 16.5. The van der Waals surface area contributed by atoms with Crippen molar-refractivity contribution in [3.8, 4) is 0 Å². The topological polar surface area (TPSA) is 77.4 Å². The largest absolute Gasteiger partial charge is 0.406 e. The van der Waals surface area contributed by atoms with Crippen molar-refractivity contribution < 1.29 is 9.15 Å². The van der Waals surface area contributed by atoms with E-state index in [4.69, 9.17) is 14.9 Å². The molecule has 0 aliphatic carbocycles. The summed E-state index contributed by atoms with van der Waals surface area (Å²) < 4.78 is 10.8. The summed E-state index contributed by atoms with van der Waals surface area (Å²) in [5.74, 6) is 0.482. The second-order valence-corrected chi connectivity index (χ2v) is 3.66.